The van der Waals surface area contributed by atoms with Crippen LogP contribution in [0.5, 0.6) is 0 Å². The summed E-state index contributed by atoms with van der Waals surface area (Å²) in [5, 5.41) is 3.16. The molecule has 2 N–H and O–H groups in total. The van der Waals surface area contributed by atoms with Gasteiger partial charge in [0.05, 0.1) is 5.52 Å². The summed E-state index contributed by atoms with van der Waals surface area (Å²) in [5.74, 6) is -1.63. The van der Waals surface area contributed by atoms with Crippen molar-refractivity contribution in [2.75, 3.05) is 0 Å². The number of halogens is 2. The molecule has 0 aliphatic heterocycles. The number of fused-ring (bicyclic) bond motifs is 1. The van der Waals surface area contributed by atoms with E-state index in [-0.39, 0.29) is 34.0 Å². The maximum absolute atomic E-state index is 13.7. The van der Waals surface area contributed by atoms with Crippen molar-refractivity contribution in [3.05, 3.63) is 35.5 Å². The van der Waals surface area contributed by atoms with Gasteiger partial charge in [-0.25, -0.2) is 8.78 Å². The van der Waals surface area contributed by atoms with Crippen LogP contribution in [0, 0.1) is 17.0 Å². The molecular weight excluding hydrogens is 322 g/mol. The van der Waals surface area contributed by atoms with Crippen LogP contribution in [-0.4, -0.2) is 16.9 Å². The van der Waals surface area contributed by atoms with E-state index in [1.165, 1.54) is 31.4 Å². The smallest absolute Gasteiger partial charge is 0.267 e. The van der Waals surface area contributed by atoms with Crippen LogP contribution in [0.15, 0.2) is 18.2 Å². The molecule has 0 saturated carbocycles. The van der Waals surface area contributed by atoms with Crippen molar-refractivity contribution in [3.8, 4) is 0 Å². The number of hydrogen-bond acceptors (Lipinski definition) is 1. The van der Waals surface area contributed by atoms with Gasteiger partial charge in [-0.15, -0.1) is 0 Å². The van der Waals surface area contributed by atoms with Crippen LogP contribution in [0.25, 0.3) is 10.9 Å². The van der Waals surface area contributed by atoms with Gasteiger partial charge >= 0.3 is 0 Å². The lowest BCUT2D eigenvalue weighted by Crippen LogP contribution is -2.33. The Labute approximate surface area is 148 Å². The molecule has 1 aromatic heterocycles. The lowest BCUT2D eigenvalue weighted by atomic mass is 9.82. The third kappa shape index (κ3) is 5.28. The zero-order valence-electron chi connectivity index (χ0n) is 15.5. The number of carbonyl (C=O) groups is 1. The van der Waals surface area contributed by atoms with Gasteiger partial charge in [-0.1, -0.05) is 33.6 Å². The Balaban J connectivity index is 1.96. The van der Waals surface area contributed by atoms with E-state index >= 15 is 0 Å². The molecule has 0 radical (unpaired) electrons. The Hall–Kier alpha value is -1.91. The van der Waals surface area contributed by atoms with Crippen LogP contribution in [0.2, 0.25) is 0 Å². The lowest BCUT2D eigenvalue weighted by Gasteiger charge is -2.26. The van der Waals surface area contributed by atoms with Gasteiger partial charge in [-0.3, -0.25) is 4.79 Å². The Bertz CT molecular complexity index is 737. The molecule has 5 heteroatoms. The molecule has 3 nitrogen and oxygen atoms in total. The number of unbranched alkanes of at least 4 members (excludes halogenated alkanes) is 1. The van der Waals surface area contributed by atoms with E-state index < -0.39 is 11.6 Å². The first kappa shape index (κ1) is 19.4. The molecule has 0 aliphatic carbocycles. The Morgan fingerprint density at radius 2 is 1.96 bits per heavy atom. The van der Waals surface area contributed by atoms with Gasteiger partial charge in [0.25, 0.3) is 5.91 Å². The standard InChI is InChI=1S/C20H28F2N2O/c1-5-6-8-20(3,4)9-7-13(2)23-19(25)18-12-15-16(22)10-14(21)11-17(15)24-18/h10-13,24H,5-9H2,1-4H3,(H,23,25). The molecule has 1 unspecified atom stereocenters. The minimum Gasteiger partial charge on any atom is -0.350 e. The maximum Gasteiger partial charge on any atom is 0.267 e. The average Bonchev–Trinajstić information content (AvgIpc) is 2.95. The van der Waals surface area contributed by atoms with Gasteiger partial charge < -0.3 is 10.3 Å². The molecule has 1 heterocycles. The summed E-state index contributed by atoms with van der Waals surface area (Å²) in [6.07, 6.45) is 5.49. The first-order chi connectivity index (χ1) is 11.7. The second-order valence-corrected chi connectivity index (χ2v) is 7.71. The third-order valence-electron chi connectivity index (χ3n) is 4.74. The SMILES string of the molecule is CCCCC(C)(C)CCC(C)NC(=O)c1cc2c(F)cc(F)cc2[nH]1. The number of aromatic nitrogens is 1. The zero-order valence-corrected chi connectivity index (χ0v) is 15.5. The second kappa shape index (κ2) is 7.98. The molecule has 2 rings (SSSR count). The van der Waals surface area contributed by atoms with Crippen molar-refractivity contribution in [2.45, 2.75) is 65.8 Å². The van der Waals surface area contributed by atoms with Crippen LogP contribution in [0.3, 0.4) is 0 Å². The largest absolute Gasteiger partial charge is 0.350 e. The molecule has 0 saturated heterocycles. The fraction of sp³-hybridized carbons (Fsp3) is 0.550. The van der Waals surface area contributed by atoms with Crippen LogP contribution in [-0.2, 0) is 0 Å². The van der Waals surface area contributed by atoms with Crippen molar-refractivity contribution in [3.63, 3.8) is 0 Å². The highest BCUT2D eigenvalue weighted by Crippen LogP contribution is 2.29. The van der Waals surface area contributed by atoms with E-state index in [1.807, 2.05) is 6.92 Å². The number of carbonyl (C=O) groups excluding carboxylic acids is 1. The van der Waals surface area contributed by atoms with Crippen LogP contribution < -0.4 is 5.32 Å². The van der Waals surface area contributed by atoms with Crippen molar-refractivity contribution < 1.29 is 13.6 Å². The van der Waals surface area contributed by atoms with E-state index in [2.05, 4.69) is 31.1 Å². The van der Waals surface area contributed by atoms with Crippen LogP contribution in [0.1, 0.15) is 70.3 Å². The maximum atomic E-state index is 13.7. The molecule has 0 spiro atoms. The Kier molecular flexibility index (Phi) is 6.20. The zero-order chi connectivity index (χ0) is 18.6. The first-order valence-electron chi connectivity index (χ1n) is 9.00. The molecule has 0 aliphatic rings. The highest BCUT2D eigenvalue weighted by Gasteiger charge is 2.20. The van der Waals surface area contributed by atoms with Gasteiger partial charge in [-0.05, 0) is 43.7 Å². The highest BCUT2D eigenvalue weighted by atomic mass is 19.1. The number of aromatic amines is 1. The summed E-state index contributed by atoms with van der Waals surface area (Å²) >= 11 is 0. The van der Waals surface area contributed by atoms with Gasteiger partial charge in [0.2, 0.25) is 0 Å². The Morgan fingerprint density at radius 1 is 1.24 bits per heavy atom. The number of benzene rings is 1. The minimum absolute atomic E-state index is 0.0152. The van der Waals surface area contributed by atoms with Gasteiger partial charge in [-0.2, -0.15) is 0 Å². The molecule has 138 valence electrons. The molecule has 1 aromatic carbocycles. The van der Waals surface area contributed by atoms with E-state index in [1.54, 1.807) is 0 Å². The predicted molar refractivity (Wildman–Crippen MR) is 97.7 cm³/mol. The van der Waals surface area contributed by atoms with Crippen LogP contribution >= 0.6 is 0 Å². The van der Waals surface area contributed by atoms with E-state index in [4.69, 9.17) is 0 Å². The van der Waals surface area contributed by atoms with Crippen molar-refractivity contribution in [1.82, 2.24) is 10.3 Å². The van der Waals surface area contributed by atoms with Gasteiger partial charge in [0.15, 0.2) is 0 Å². The van der Waals surface area contributed by atoms with Crippen molar-refractivity contribution >= 4 is 16.8 Å². The quantitative estimate of drug-likeness (QED) is 0.643. The predicted octanol–water partition coefficient (Wildman–Crippen LogP) is 5.56. The minimum atomic E-state index is -0.670. The van der Waals surface area contributed by atoms with Crippen molar-refractivity contribution in [2.24, 2.45) is 5.41 Å². The molecule has 1 atom stereocenters. The number of amides is 1. The summed E-state index contributed by atoms with van der Waals surface area (Å²) in [7, 11) is 0. The summed E-state index contributed by atoms with van der Waals surface area (Å²) in [6, 6.07) is 3.45. The normalized spacial score (nSPS) is 13.2. The molecule has 25 heavy (non-hydrogen) atoms. The molecule has 0 bridgehead atoms. The molecule has 1 amide bonds. The van der Waals surface area contributed by atoms with E-state index in [0.717, 1.165) is 18.9 Å². The monoisotopic (exact) mass is 350 g/mol. The highest BCUT2D eigenvalue weighted by molar-refractivity contribution is 5.98. The topological polar surface area (TPSA) is 44.9 Å². The Morgan fingerprint density at radius 3 is 2.64 bits per heavy atom. The van der Waals surface area contributed by atoms with Crippen molar-refractivity contribution in [1.29, 1.82) is 0 Å². The first-order valence-corrected chi connectivity index (χ1v) is 9.00. The molecule has 2 aromatic rings. The fourth-order valence-electron chi connectivity index (χ4n) is 3.04. The summed E-state index contributed by atoms with van der Waals surface area (Å²) in [6.45, 7) is 8.67. The number of rotatable bonds is 8. The summed E-state index contributed by atoms with van der Waals surface area (Å²) < 4.78 is 27.0. The molecular formula is C20H28F2N2O. The van der Waals surface area contributed by atoms with E-state index in [0.29, 0.717) is 0 Å². The van der Waals surface area contributed by atoms with Crippen LogP contribution in [0.4, 0.5) is 8.78 Å². The summed E-state index contributed by atoms with van der Waals surface area (Å²) in [4.78, 5) is 15.1. The second-order valence-electron chi connectivity index (χ2n) is 7.71. The fourth-order valence-corrected chi connectivity index (χ4v) is 3.04. The third-order valence-corrected chi connectivity index (χ3v) is 4.74. The number of hydrogen-bond donors (Lipinski definition) is 2. The van der Waals surface area contributed by atoms with E-state index in [9.17, 15) is 13.6 Å². The summed E-state index contributed by atoms with van der Waals surface area (Å²) in [5.41, 5.74) is 0.795. The lowest BCUT2D eigenvalue weighted by molar-refractivity contribution is 0.0930. The molecule has 0 fully saturated rings. The average molecular weight is 350 g/mol. The van der Waals surface area contributed by atoms with Gasteiger partial charge in [0, 0.05) is 17.5 Å². The number of nitrogens with one attached hydrogen (secondary N) is 2. The van der Waals surface area contributed by atoms with Gasteiger partial charge in [0.1, 0.15) is 17.3 Å². The number of H-pyrrole nitrogens is 1.